The van der Waals surface area contributed by atoms with Crippen LogP contribution in [-0.4, -0.2) is 52.2 Å². The summed E-state index contributed by atoms with van der Waals surface area (Å²) >= 11 is 0. The number of aromatic nitrogens is 2. The number of fused-ring (bicyclic) bond motifs is 1. The van der Waals surface area contributed by atoms with E-state index in [0.29, 0.717) is 11.7 Å². The van der Waals surface area contributed by atoms with Gasteiger partial charge in [0.25, 0.3) is 5.91 Å². The zero-order valence-electron chi connectivity index (χ0n) is 12.6. The Morgan fingerprint density at radius 3 is 2.74 bits per heavy atom. The lowest BCUT2D eigenvalue weighted by molar-refractivity contribution is 0.0819. The molecule has 1 aliphatic rings. The first kappa shape index (κ1) is 14.1. The van der Waals surface area contributed by atoms with Crippen LogP contribution >= 0.6 is 0 Å². The summed E-state index contributed by atoms with van der Waals surface area (Å²) in [6.07, 6.45) is 2.07. The molecule has 0 aromatic carbocycles. The van der Waals surface area contributed by atoms with E-state index in [0.717, 1.165) is 31.5 Å². The van der Waals surface area contributed by atoms with E-state index in [2.05, 4.69) is 23.8 Å². The van der Waals surface area contributed by atoms with Gasteiger partial charge >= 0.3 is 0 Å². The van der Waals surface area contributed by atoms with E-state index >= 15 is 0 Å². The Hall–Kier alpha value is -1.36. The van der Waals surface area contributed by atoms with Crippen molar-refractivity contribution in [3.63, 3.8) is 0 Å². The third-order valence-corrected chi connectivity index (χ3v) is 4.10. The second-order valence-corrected chi connectivity index (χ2v) is 5.57. The van der Waals surface area contributed by atoms with Gasteiger partial charge in [-0.2, -0.15) is 5.10 Å². The van der Waals surface area contributed by atoms with E-state index in [1.807, 2.05) is 11.7 Å². The summed E-state index contributed by atoms with van der Waals surface area (Å²) in [5.74, 6) is 0.00819. The summed E-state index contributed by atoms with van der Waals surface area (Å²) in [4.78, 5) is 16.2. The predicted molar refractivity (Wildman–Crippen MR) is 75.1 cm³/mol. The van der Waals surface area contributed by atoms with Gasteiger partial charge in [0.05, 0.1) is 5.69 Å². The highest BCUT2D eigenvalue weighted by molar-refractivity contribution is 5.93. The van der Waals surface area contributed by atoms with Crippen molar-refractivity contribution in [2.24, 2.45) is 7.05 Å². The summed E-state index contributed by atoms with van der Waals surface area (Å²) in [5.41, 5.74) is 2.96. The number of hydrogen-bond donors (Lipinski definition) is 0. The second-order valence-electron chi connectivity index (χ2n) is 5.57. The molecule has 1 amide bonds. The van der Waals surface area contributed by atoms with Crippen LogP contribution in [0.15, 0.2) is 0 Å². The molecule has 19 heavy (non-hydrogen) atoms. The highest BCUT2D eigenvalue weighted by atomic mass is 16.2. The number of carbonyl (C=O) groups is 1. The van der Waals surface area contributed by atoms with E-state index in [9.17, 15) is 4.79 Å². The number of carbonyl (C=O) groups excluding carboxylic acids is 1. The van der Waals surface area contributed by atoms with Crippen molar-refractivity contribution in [3.05, 3.63) is 17.0 Å². The molecule has 0 spiro atoms. The summed E-state index contributed by atoms with van der Waals surface area (Å²) in [6, 6.07) is 0.580. The SMILES string of the molecule is CCC(C)N1CCc2c(C(=O)N(C)C)nn(C)c2C1. The average molecular weight is 264 g/mol. The van der Waals surface area contributed by atoms with Crippen molar-refractivity contribution in [3.8, 4) is 0 Å². The molecule has 1 unspecified atom stereocenters. The summed E-state index contributed by atoms with van der Waals surface area (Å²) < 4.78 is 1.88. The second kappa shape index (κ2) is 5.33. The van der Waals surface area contributed by atoms with Gasteiger partial charge < -0.3 is 4.90 Å². The van der Waals surface area contributed by atoms with E-state index in [-0.39, 0.29) is 5.91 Å². The van der Waals surface area contributed by atoms with Gasteiger partial charge in [0.1, 0.15) is 0 Å². The van der Waals surface area contributed by atoms with Gasteiger partial charge in [-0.1, -0.05) is 6.92 Å². The molecule has 0 fully saturated rings. The lowest BCUT2D eigenvalue weighted by Gasteiger charge is -2.32. The average Bonchev–Trinajstić information content (AvgIpc) is 2.73. The largest absolute Gasteiger partial charge is 0.343 e. The maximum Gasteiger partial charge on any atom is 0.274 e. The van der Waals surface area contributed by atoms with E-state index in [1.165, 1.54) is 5.69 Å². The predicted octanol–water partition coefficient (Wildman–Crippen LogP) is 1.28. The fourth-order valence-electron chi connectivity index (χ4n) is 2.61. The first-order valence-corrected chi connectivity index (χ1v) is 6.96. The molecule has 1 atom stereocenters. The molecule has 5 nitrogen and oxygen atoms in total. The van der Waals surface area contributed by atoms with Crippen molar-refractivity contribution in [2.45, 2.75) is 39.3 Å². The van der Waals surface area contributed by atoms with Crippen LogP contribution in [0.1, 0.15) is 42.0 Å². The molecule has 2 heterocycles. The zero-order chi connectivity index (χ0) is 14.2. The lowest BCUT2D eigenvalue weighted by Crippen LogP contribution is -2.38. The number of aryl methyl sites for hydroxylation is 1. The normalized spacial score (nSPS) is 17.1. The molecule has 0 saturated heterocycles. The monoisotopic (exact) mass is 264 g/mol. The molecule has 0 radical (unpaired) electrons. The molecule has 1 aromatic heterocycles. The molecule has 0 bridgehead atoms. The quantitative estimate of drug-likeness (QED) is 0.826. The zero-order valence-corrected chi connectivity index (χ0v) is 12.6. The van der Waals surface area contributed by atoms with Crippen molar-refractivity contribution < 1.29 is 4.79 Å². The lowest BCUT2D eigenvalue weighted by atomic mass is 10.0. The van der Waals surface area contributed by atoms with Gasteiger partial charge in [-0.05, 0) is 19.8 Å². The topological polar surface area (TPSA) is 41.4 Å². The van der Waals surface area contributed by atoms with Crippen molar-refractivity contribution in [2.75, 3.05) is 20.6 Å². The molecular weight excluding hydrogens is 240 g/mol. The van der Waals surface area contributed by atoms with Crippen LogP contribution in [0.2, 0.25) is 0 Å². The molecule has 5 heteroatoms. The Labute approximate surface area is 115 Å². The molecule has 0 saturated carbocycles. The van der Waals surface area contributed by atoms with Gasteiger partial charge in [0.15, 0.2) is 5.69 Å². The molecule has 106 valence electrons. The fourth-order valence-corrected chi connectivity index (χ4v) is 2.61. The van der Waals surface area contributed by atoms with Crippen LogP contribution in [0.4, 0.5) is 0 Å². The molecule has 2 rings (SSSR count). The van der Waals surface area contributed by atoms with Crippen molar-refractivity contribution >= 4 is 5.91 Å². The fraction of sp³-hybridized carbons (Fsp3) is 0.714. The summed E-state index contributed by atoms with van der Waals surface area (Å²) in [7, 11) is 5.49. The van der Waals surface area contributed by atoms with Crippen LogP contribution < -0.4 is 0 Å². The molecule has 1 aromatic rings. The van der Waals surface area contributed by atoms with Gasteiger partial charge in [-0.3, -0.25) is 14.4 Å². The Bertz CT molecular complexity index is 478. The van der Waals surface area contributed by atoms with E-state index in [4.69, 9.17) is 0 Å². The maximum absolute atomic E-state index is 12.1. The highest BCUT2D eigenvalue weighted by Crippen LogP contribution is 2.24. The Balaban J connectivity index is 2.30. The van der Waals surface area contributed by atoms with Gasteiger partial charge in [0, 0.05) is 45.8 Å². The molecule has 0 N–H and O–H groups in total. The molecule has 1 aliphatic heterocycles. The third-order valence-electron chi connectivity index (χ3n) is 4.10. The number of rotatable bonds is 3. The number of amides is 1. The van der Waals surface area contributed by atoms with Gasteiger partial charge in [-0.25, -0.2) is 0 Å². The molecule has 0 aliphatic carbocycles. The number of nitrogens with zero attached hydrogens (tertiary/aromatic N) is 4. The van der Waals surface area contributed by atoms with Crippen LogP contribution in [0.25, 0.3) is 0 Å². The maximum atomic E-state index is 12.1. The van der Waals surface area contributed by atoms with E-state index in [1.54, 1.807) is 19.0 Å². The Morgan fingerprint density at radius 2 is 2.16 bits per heavy atom. The summed E-state index contributed by atoms with van der Waals surface area (Å²) in [5, 5.41) is 4.43. The van der Waals surface area contributed by atoms with Gasteiger partial charge in [0.2, 0.25) is 0 Å². The standard InChI is InChI=1S/C14H24N4O/c1-6-10(2)18-8-7-11-12(9-18)17(5)15-13(11)14(19)16(3)4/h10H,6-9H2,1-5H3. The van der Waals surface area contributed by atoms with Crippen LogP contribution in [0.5, 0.6) is 0 Å². The Morgan fingerprint density at radius 1 is 1.47 bits per heavy atom. The third kappa shape index (κ3) is 2.52. The van der Waals surface area contributed by atoms with Crippen molar-refractivity contribution in [1.29, 1.82) is 0 Å². The number of hydrogen-bond acceptors (Lipinski definition) is 3. The highest BCUT2D eigenvalue weighted by Gasteiger charge is 2.28. The molecular formula is C14H24N4O. The Kier molecular flexibility index (Phi) is 3.94. The minimum atomic E-state index is 0.00819. The van der Waals surface area contributed by atoms with Crippen molar-refractivity contribution in [1.82, 2.24) is 19.6 Å². The minimum absolute atomic E-state index is 0.00819. The first-order valence-electron chi connectivity index (χ1n) is 6.96. The smallest absolute Gasteiger partial charge is 0.274 e. The van der Waals surface area contributed by atoms with E-state index < -0.39 is 0 Å². The minimum Gasteiger partial charge on any atom is -0.343 e. The van der Waals surface area contributed by atoms with Crippen LogP contribution in [0.3, 0.4) is 0 Å². The van der Waals surface area contributed by atoms with Crippen LogP contribution in [-0.2, 0) is 20.0 Å². The first-order chi connectivity index (χ1) is 8.95. The van der Waals surface area contributed by atoms with Crippen LogP contribution in [0, 0.1) is 0 Å². The van der Waals surface area contributed by atoms with Gasteiger partial charge in [-0.15, -0.1) is 0 Å². The summed E-state index contributed by atoms with van der Waals surface area (Å²) in [6.45, 7) is 6.38.